The molecule has 0 aliphatic heterocycles. The zero-order valence-corrected chi connectivity index (χ0v) is 10.4. The number of aromatic amines is 1. The molecule has 7 heteroatoms. The average molecular weight is 249 g/mol. The van der Waals surface area contributed by atoms with Crippen LogP contribution in [0.5, 0.6) is 0 Å². The van der Waals surface area contributed by atoms with Gasteiger partial charge in [0.2, 0.25) is 0 Å². The molecule has 2 rings (SSSR count). The minimum atomic E-state index is -0.363. The molecule has 0 bridgehead atoms. The third kappa shape index (κ3) is 2.06. The Balaban J connectivity index is 2.30. The number of nitrogens with two attached hydrogens (primary N) is 1. The van der Waals surface area contributed by atoms with Crippen LogP contribution in [-0.4, -0.2) is 15.1 Å². The van der Waals surface area contributed by atoms with Crippen LogP contribution in [0.15, 0.2) is 15.6 Å². The predicted octanol–water partition coefficient (Wildman–Crippen LogP) is 1.13. The molecular weight excluding hydrogens is 234 g/mol. The van der Waals surface area contributed by atoms with Crippen molar-refractivity contribution in [3.8, 4) is 0 Å². The molecule has 96 valence electrons. The van der Waals surface area contributed by atoms with Crippen molar-refractivity contribution in [2.24, 2.45) is 0 Å². The number of hydrogen-bond donors (Lipinski definition) is 3. The first kappa shape index (κ1) is 12.2. The lowest BCUT2D eigenvalue weighted by molar-refractivity contribution is 0.392. The molecule has 4 N–H and O–H groups in total. The highest BCUT2D eigenvalue weighted by Gasteiger charge is 2.17. The van der Waals surface area contributed by atoms with Gasteiger partial charge in [0.05, 0.1) is 18.1 Å². The summed E-state index contributed by atoms with van der Waals surface area (Å²) in [6.07, 6.45) is 1.31. The second kappa shape index (κ2) is 4.52. The standard InChI is InChI=1S/C11H15N5O2/c1-5(8-6(2)16-18-7(8)3)15-10-9(12)11(17)14-4-13-10/h4-5H,12H2,1-3H3,(H2,13,14,15,17). The summed E-state index contributed by atoms with van der Waals surface area (Å²) in [6, 6.07) is -0.104. The van der Waals surface area contributed by atoms with Crippen molar-refractivity contribution in [1.82, 2.24) is 15.1 Å². The van der Waals surface area contributed by atoms with Crippen LogP contribution in [0, 0.1) is 13.8 Å². The first-order valence-corrected chi connectivity index (χ1v) is 5.53. The summed E-state index contributed by atoms with van der Waals surface area (Å²) in [6.45, 7) is 5.62. The monoisotopic (exact) mass is 249 g/mol. The fourth-order valence-electron chi connectivity index (χ4n) is 1.91. The summed E-state index contributed by atoms with van der Waals surface area (Å²) in [5.74, 6) is 1.09. The third-order valence-electron chi connectivity index (χ3n) is 2.76. The van der Waals surface area contributed by atoms with Crippen LogP contribution < -0.4 is 16.6 Å². The number of aromatic nitrogens is 3. The predicted molar refractivity (Wildman–Crippen MR) is 67.3 cm³/mol. The van der Waals surface area contributed by atoms with Gasteiger partial charge in [-0.15, -0.1) is 0 Å². The number of rotatable bonds is 3. The first-order valence-electron chi connectivity index (χ1n) is 5.53. The molecule has 2 heterocycles. The Labute approximate surface area is 103 Å². The van der Waals surface area contributed by atoms with Crippen molar-refractivity contribution in [2.75, 3.05) is 11.1 Å². The Bertz CT molecular complexity index is 597. The van der Waals surface area contributed by atoms with E-state index in [-0.39, 0.29) is 17.3 Å². The maximum absolute atomic E-state index is 11.4. The van der Waals surface area contributed by atoms with E-state index in [1.807, 2.05) is 20.8 Å². The van der Waals surface area contributed by atoms with Gasteiger partial charge < -0.3 is 20.6 Å². The van der Waals surface area contributed by atoms with Crippen molar-refractivity contribution >= 4 is 11.5 Å². The highest BCUT2D eigenvalue weighted by Crippen LogP contribution is 2.24. The average Bonchev–Trinajstić information content (AvgIpc) is 2.65. The van der Waals surface area contributed by atoms with Gasteiger partial charge >= 0.3 is 0 Å². The van der Waals surface area contributed by atoms with Crippen molar-refractivity contribution in [3.63, 3.8) is 0 Å². The molecule has 0 spiro atoms. The minimum absolute atomic E-state index is 0.0658. The van der Waals surface area contributed by atoms with Gasteiger partial charge in [0.15, 0.2) is 5.82 Å². The zero-order chi connectivity index (χ0) is 13.3. The van der Waals surface area contributed by atoms with Gasteiger partial charge in [-0.25, -0.2) is 4.98 Å². The molecule has 18 heavy (non-hydrogen) atoms. The van der Waals surface area contributed by atoms with Gasteiger partial charge in [0, 0.05) is 5.56 Å². The maximum Gasteiger partial charge on any atom is 0.276 e. The molecule has 2 aromatic heterocycles. The van der Waals surface area contributed by atoms with Crippen LogP contribution in [-0.2, 0) is 0 Å². The van der Waals surface area contributed by atoms with Crippen LogP contribution in [0.3, 0.4) is 0 Å². The Morgan fingerprint density at radius 1 is 1.50 bits per heavy atom. The van der Waals surface area contributed by atoms with Crippen LogP contribution >= 0.6 is 0 Å². The molecule has 0 amide bonds. The summed E-state index contributed by atoms with van der Waals surface area (Å²) >= 11 is 0. The fraction of sp³-hybridized carbons (Fsp3) is 0.364. The molecule has 0 radical (unpaired) electrons. The quantitative estimate of drug-likeness (QED) is 0.752. The lowest BCUT2D eigenvalue weighted by Crippen LogP contribution is -2.18. The first-order chi connectivity index (χ1) is 8.50. The number of hydrogen-bond acceptors (Lipinski definition) is 6. The fourth-order valence-corrected chi connectivity index (χ4v) is 1.91. The molecule has 1 atom stereocenters. The molecule has 1 unspecified atom stereocenters. The van der Waals surface area contributed by atoms with Crippen molar-refractivity contribution in [2.45, 2.75) is 26.8 Å². The molecule has 7 nitrogen and oxygen atoms in total. The normalized spacial score (nSPS) is 12.4. The Morgan fingerprint density at radius 3 is 2.83 bits per heavy atom. The van der Waals surface area contributed by atoms with Crippen LogP contribution in [0.25, 0.3) is 0 Å². The van der Waals surface area contributed by atoms with E-state index in [9.17, 15) is 4.79 Å². The largest absolute Gasteiger partial charge is 0.391 e. The Morgan fingerprint density at radius 2 is 2.22 bits per heavy atom. The molecular formula is C11H15N5O2. The Hall–Kier alpha value is -2.31. The lowest BCUT2D eigenvalue weighted by atomic mass is 10.1. The van der Waals surface area contributed by atoms with E-state index >= 15 is 0 Å². The summed E-state index contributed by atoms with van der Waals surface area (Å²) < 4.78 is 5.10. The highest BCUT2D eigenvalue weighted by molar-refractivity contribution is 5.59. The van der Waals surface area contributed by atoms with E-state index in [0.717, 1.165) is 17.0 Å². The summed E-state index contributed by atoms with van der Waals surface area (Å²) in [5, 5.41) is 6.96. The summed E-state index contributed by atoms with van der Waals surface area (Å²) in [7, 11) is 0. The molecule has 0 aliphatic carbocycles. The number of nitrogens with one attached hydrogen (secondary N) is 2. The van der Waals surface area contributed by atoms with Crippen LogP contribution in [0.1, 0.15) is 30.0 Å². The van der Waals surface area contributed by atoms with E-state index in [4.69, 9.17) is 10.3 Å². The van der Waals surface area contributed by atoms with Gasteiger partial charge in [-0.3, -0.25) is 4.79 Å². The van der Waals surface area contributed by atoms with E-state index < -0.39 is 0 Å². The highest BCUT2D eigenvalue weighted by atomic mass is 16.5. The minimum Gasteiger partial charge on any atom is -0.391 e. The maximum atomic E-state index is 11.4. The molecule has 0 aromatic carbocycles. The number of anilines is 2. The van der Waals surface area contributed by atoms with Crippen molar-refractivity contribution < 1.29 is 4.52 Å². The smallest absolute Gasteiger partial charge is 0.276 e. The second-order valence-electron chi connectivity index (χ2n) is 4.10. The number of H-pyrrole nitrogens is 1. The van der Waals surface area contributed by atoms with Crippen LogP contribution in [0.2, 0.25) is 0 Å². The topological polar surface area (TPSA) is 110 Å². The zero-order valence-electron chi connectivity index (χ0n) is 10.4. The van der Waals surface area contributed by atoms with E-state index in [2.05, 4.69) is 20.4 Å². The molecule has 0 fully saturated rings. The number of nitrogen functional groups attached to an aromatic ring is 1. The molecule has 0 saturated heterocycles. The van der Waals surface area contributed by atoms with Gasteiger partial charge in [0.25, 0.3) is 5.56 Å². The van der Waals surface area contributed by atoms with Gasteiger partial charge in [-0.1, -0.05) is 5.16 Å². The summed E-state index contributed by atoms with van der Waals surface area (Å²) in [5.41, 5.74) is 7.10. The van der Waals surface area contributed by atoms with E-state index in [0.29, 0.717) is 5.82 Å². The molecule has 0 aliphatic rings. The number of nitrogens with zero attached hydrogens (tertiary/aromatic N) is 2. The van der Waals surface area contributed by atoms with Crippen LogP contribution in [0.4, 0.5) is 11.5 Å². The van der Waals surface area contributed by atoms with Gasteiger partial charge in [-0.05, 0) is 20.8 Å². The van der Waals surface area contributed by atoms with Crippen molar-refractivity contribution in [3.05, 3.63) is 33.7 Å². The molecule has 0 saturated carbocycles. The molecule has 2 aromatic rings. The third-order valence-corrected chi connectivity index (χ3v) is 2.76. The summed E-state index contributed by atoms with van der Waals surface area (Å²) in [4.78, 5) is 17.8. The Kier molecular flexibility index (Phi) is 3.05. The van der Waals surface area contributed by atoms with E-state index in [1.165, 1.54) is 6.33 Å². The lowest BCUT2D eigenvalue weighted by Gasteiger charge is -2.15. The van der Waals surface area contributed by atoms with Gasteiger partial charge in [-0.2, -0.15) is 0 Å². The SMILES string of the molecule is Cc1noc(C)c1C(C)Nc1nc[nH]c(=O)c1N. The van der Waals surface area contributed by atoms with E-state index in [1.54, 1.807) is 0 Å². The van der Waals surface area contributed by atoms with Gasteiger partial charge in [0.1, 0.15) is 11.4 Å². The van der Waals surface area contributed by atoms with Crippen molar-refractivity contribution in [1.29, 1.82) is 0 Å². The second-order valence-corrected chi connectivity index (χ2v) is 4.10. The number of aryl methyl sites for hydroxylation is 2.